The molecule has 2 aliphatic carbocycles. The molecule has 1 aromatic heterocycles. The second-order valence-electron chi connectivity index (χ2n) is 15.0. The number of hydrogen-bond donors (Lipinski definition) is 0. The first kappa shape index (κ1) is 30.2. The number of pyridine rings is 1. The number of rotatable bonds is 5. The largest absolute Gasteiger partial charge is 0.410 e. The van der Waals surface area contributed by atoms with Crippen LogP contribution in [0.2, 0.25) is 18.1 Å². The van der Waals surface area contributed by atoms with Crippen molar-refractivity contribution >= 4 is 30.9 Å². The molecule has 5 rings (SSSR count). The highest BCUT2D eigenvalue weighted by Crippen LogP contribution is 2.62. The molecule has 1 fully saturated rings. The van der Waals surface area contributed by atoms with Crippen LogP contribution in [0.3, 0.4) is 0 Å². The second kappa shape index (κ2) is 10.5. The van der Waals surface area contributed by atoms with E-state index in [9.17, 15) is 5.26 Å². The van der Waals surface area contributed by atoms with Crippen molar-refractivity contribution in [3.8, 4) is 6.07 Å². The Balaban J connectivity index is 1.78. The second-order valence-corrected chi connectivity index (χ2v) is 21.3. The third-order valence-electron chi connectivity index (χ3n) is 9.97. The highest BCUT2D eigenvalue weighted by atomic mass is 127. The Bertz CT molecular complexity index is 1320. The van der Waals surface area contributed by atoms with Gasteiger partial charge in [-0.05, 0) is 72.7 Å². The van der Waals surface area contributed by atoms with E-state index < -0.39 is 8.32 Å². The molecule has 1 aromatic carbocycles. The van der Waals surface area contributed by atoms with Gasteiger partial charge in [0.05, 0.1) is 18.6 Å². The van der Waals surface area contributed by atoms with Crippen molar-refractivity contribution in [2.45, 2.75) is 133 Å². The number of hydrogen-bond acceptors (Lipinski definition) is 4. The van der Waals surface area contributed by atoms with Crippen LogP contribution in [0.15, 0.2) is 24.3 Å². The molecule has 2 unspecified atom stereocenters. The van der Waals surface area contributed by atoms with E-state index >= 15 is 0 Å². The van der Waals surface area contributed by atoms with Crippen LogP contribution in [0.5, 0.6) is 0 Å². The zero-order chi connectivity index (χ0) is 29.3. The quantitative estimate of drug-likeness (QED) is 0.181. The van der Waals surface area contributed by atoms with Crippen LogP contribution in [0, 0.1) is 16.7 Å². The van der Waals surface area contributed by atoms with Gasteiger partial charge in [-0.2, -0.15) is 5.26 Å². The van der Waals surface area contributed by atoms with Crippen molar-refractivity contribution in [2.75, 3.05) is 0 Å². The van der Waals surface area contributed by atoms with Crippen LogP contribution in [-0.2, 0) is 27.6 Å². The van der Waals surface area contributed by atoms with Crippen LogP contribution in [0.25, 0.3) is 0 Å². The molecule has 1 spiro atoms. The minimum absolute atomic E-state index is 0.0310. The summed E-state index contributed by atoms with van der Waals surface area (Å²) >= 11 is 2.67. The minimum atomic E-state index is -2.05. The molecular formula is C34H47IN2O2Si. The summed E-state index contributed by atoms with van der Waals surface area (Å²) in [7, 11) is -2.05. The summed E-state index contributed by atoms with van der Waals surface area (Å²) in [5.41, 5.74) is 8.52. The minimum Gasteiger partial charge on any atom is -0.410 e. The maximum Gasteiger partial charge on any atom is 0.192 e. The Hall–Kier alpha value is -1.27. The topological polar surface area (TPSA) is 55.1 Å². The molecule has 0 saturated heterocycles. The number of fused-ring (bicyclic) bond motifs is 4. The maximum atomic E-state index is 9.21. The molecule has 216 valence electrons. The van der Waals surface area contributed by atoms with E-state index in [1.165, 1.54) is 40.9 Å². The Morgan fingerprint density at radius 1 is 1.18 bits per heavy atom. The van der Waals surface area contributed by atoms with E-state index in [0.29, 0.717) is 10.3 Å². The van der Waals surface area contributed by atoms with E-state index in [1.54, 1.807) is 0 Å². The fraction of sp³-hybridized carbons (Fsp3) is 0.647. The number of ether oxygens (including phenoxy) is 1. The van der Waals surface area contributed by atoms with Crippen LogP contribution < -0.4 is 0 Å². The first-order chi connectivity index (χ1) is 18.6. The van der Waals surface area contributed by atoms with Gasteiger partial charge < -0.3 is 9.16 Å². The van der Waals surface area contributed by atoms with Crippen molar-refractivity contribution in [1.82, 2.24) is 4.98 Å². The average molecular weight is 671 g/mol. The van der Waals surface area contributed by atoms with Gasteiger partial charge >= 0.3 is 0 Å². The normalized spacial score (nSPS) is 27.6. The summed E-state index contributed by atoms with van der Waals surface area (Å²) in [6.45, 7) is 21.1. The fourth-order valence-electron chi connectivity index (χ4n) is 6.90. The molecule has 0 N–H and O–H groups in total. The number of halogens is 1. The molecule has 4 atom stereocenters. The first-order valence-electron chi connectivity index (χ1n) is 15.1. The van der Waals surface area contributed by atoms with Gasteiger partial charge in [0.15, 0.2) is 8.32 Å². The van der Waals surface area contributed by atoms with Crippen molar-refractivity contribution in [3.63, 3.8) is 0 Å². The van der Waals surface area contributed by atoms with Crippen molar-refractivity contribution in [3.05, 3.63) is 63.5 Å². The molecule has 0 radical (unpaired) electrons. The predicted octanol–water partition coefficient (Wildman–Crippen LogP) is 9.61. The summed E-state index contributed by atoms with van der Waals surface area (Å²) in [6, 6.07) is 10.8. The molecule has 1 saturated carbocycles. The molecular weight excluding hydrogens is 623 g/mol. The molecule has 2 aromatic rings. The molecule has 4 nitrogen and oxygen atoms in total. The number of nitriles is 1. The molecule has 2 heterocycles. The molecule has 0 bridgehead atoms. The van der Waals surface area contributed by atoms with Crippen LogP contribution >= 0.6 is 22.6 Å². The highest BCUT2D eigenvalue weighted by Gasteiger charge is 2.57. The van der Waals surface area contributed by atoms with Crippen LogP contribution in [0.4, 0.5) is 0 Å². The molecule has 6 heteroatoms. The van der Waals surface area contributed by atoms with Gasteiger partial charge in [0.2, 0.25) is 0 Å². The fourth-order valence-corrected chi connectivity index (χ4v) is 9.38. The third kappa shape index (κ3) is 5.12. The summed E-state index contributed by atoms with van der Waals surface area (Å²) in [5.74, 6) is 0.289. The number of benzene rings is 1. The van der Waals surface area contributed by atoms with Crippen molar-refractivity contribution < 1.29 is 9.16 Å². The van der Waals surface area contributed by atoms with E-state index in [4.69, 9.17) is 14.1 Å². The van der Waals surface area contributed by atoms with Crippen LogP contribution in [-0.4, -0.2) is 17.2 Å². The van der Waals surface area contributed by atoms with E-state index in [1.807, 2.05) is 0 Å². The van der Waals surface area contributed by atoms with Gasteiger partial charge in [0.25, 0.3) is 0 Å². The zero-order valence-corrected chi connectivity index (χ0v) is 29.1. The Morgan fingerprint density at radius 3 is 2.40 bits per heavy atom. The summed E-state index contributed by atoms with van der Waals surface area (Å²) < 4.78 is 15.1. The van der Waals surface area contributed by atoms with Gasteiger partial charge in [0.1, 0.15) is 11.7 Å². The smallest absolute Gasteiger partial charge is 0.192 e. The molecule has 0 amide bonds. The maximum absolute atomic E-state index is 9.21. The van der Waals surface area contributed by atoms with E-state index in [-0.39, 0.29) is 34.2 Å². The molecule has 3 aliphatic rings. The standard InChI is InChI=1S/C34H47IN2O2Si/c1-21(2)30-28-29(27-24(37-30)19-33(6,7)20-25(27)39-40(8,9)32(3,4)5)34(17-10-11-26(34)35)38-31(28)23-14-12-22(13-15-23)16-18-36/h12-15,21,25-26,31H,10-11,16-17,19-20H2,1-9H3/t25-,26?,31+,34?/m0/s1. The molecule has 1 aliphatic heterocycles. The summed E-state index contributed by atoms with van der Waals surface area (Å²) in [6.07, 6.45) is 5.68. The lowest BCUT2D eigenvalue weighted by molar-refractivity contribution is -0.0514. The Kier molecular flexibility index (Phi) is 7.90. The lowest BCUT2D eigenvalue weighted by Gasteiger charge is -2.45. The number of nitrogens with zero attached hydrogens (tertiary/aromatic N) is 2. The van der Waals surface area contributed by atoms with Gasteiger partial charge in [-0.3, -0.25) is 4.98 Å². The lowest BCUT2D eigenvalue weighted by atomic mass is 9.70. The Labute approximate surface area is 256 Å². The van der Waals surface area contributed by atoms with Crippen molar-refractivity contribution in [1.29, 1.82) is 5.26 Å². The average Bonchev–Trinajstić information content (AvgIpc) is 3.38. The van der Waals surface area contributed by atoms with E-state index in [0.717, 1.165) is 30.4 Å². The highest BCUT2D eigenvalue weighted by molar-refractivity contribution is 14.1. The monoisotopic (exact) mass is 670 g/mol. The first-order valence-corrected chi connectivity index (χ1v) is 19.3. The van der Waals surface area contributed by atoms with Crippen molar-refractivity contribution in [2.24, 2.45) is 5.41 Å². The summed E-state index contributed by atoms with van der Waals surface area (Å²) in [4.78, 5) is 5.53. The number of aromatic nitrogens is 1. The zero-order valence-electron chi connectivity index (χ0n) is 26.0. The van der Waals surface area contributed by atoms with Gasteiger partial charge in [0, 0.05) is 32.0 Å². The van der Waals surface area contributed by atoms with Gasteiger partial charge in [-0.1, -0.05) is 95.3 Å². The third-order valence-corrected chi connectivity index (χ3v) is 16.1. The molecule has 40 heavy (non-hydrogen) atoms. The van der Waals surface area contributed by atoms with E-state index in [2.05, 4.69) is 114 Å². The van der Waals surface area contributed by atoms with Gasteiger partial charge in [-0.25, -0.2) is 0 Å². The lowest BCUT2D eigenvalue weighted by Crippen LogP contribution is -2.44. The summed E-state index contributed by atoms with van der Waals surface area (Å²) in [5, 5.41) is 9.34. The van der Waals surface area contributed by atoms with Gasteiger partial charge in [-0.15, -0.1) is 0 Å². The van der Waals surface area contributed by atoms with Crippen LogP contribution in [0.1, 0.15) is 131 Å². The number of alkyl halides is 1. The Morgan fingerprint density at radius 2 is 1.85 bits per heavy atom. The SMILES string of the molecule is CC(C)c1nc2c(c3c1[C@@H](c1ccc(CC#N)cc1)OC31CCCC1I)[C@@H](O[Si](C)(C)C(C)(C)C)CC(C)(C)C2. The predicted molar refractivity (Wildman–Crippen MR) is 173 cm³/mol.